The molecule has 3 rings (SSSR count). The highest BCUT2D eigenvalue weighted by molar-refractivity contribution is 7.89. The Labute approximate surface area is 160 Å². The lowest BCUT2D eigenvalue weighted by Gasteiger charge is -2.33. The number of nitrogens with zero attached hydrogens (tertiary/aromatic N) is 2. The van der Waals surface area contributed by atoms with E-state index in [9.17, 15) is 23.1 Å². The van der Waals surface area contributed by atoms with Crippen LogP contribution in [-0.2, 0) is 19.6 Å². The fourth-order valence-electron chi connectivity index (χ4n) is 3.89. The summed E-state index contributed by atoms with van der Waals surface area (Å²) in [6, 6.07) is 4.37. The molecule has 1 aromatic rings. The van der Waals surface area contributed by atoms with Crippen molar-refractivity contribution in [3.05, 3.63) is 29.3 Å². The maximum atomic E-state index is 12.9. The van der Waals surface area contributed by atoms with Crippen LogP contribution >= 0.6 is 0 Å². The van der Waals surface area contributed by atoms with E-state index in [1.165, 1.54) is 9.21 Å². The molecule has 0 bridgehead atoms. The van der Waals surface area contributed by atoms with Gasteiger partial charge in [0.15, 0.2) is 0 Å². The van der Waals surface area contributed by atoms with Gasteiger partial charge in [-0.15, -0.1) is 0 Å². The van der Waals surface area contributed by atoms with Crippen LogP contribution in [0.1, 0.15) is 36.8 Å². The van der Waals surface area contributed by atoms with Crippen molar-refractivity contribution in [2.24, 2.45) is 5.92 Å². The molecule has 8 heteroatoms. The van der Waals surface area contributed by atoms with Crippen molar-refractivity contribution in [2.75, 3.05) is 19.6 Å². The maximum absolute atomic E-state index is 12.9. The summed E-state index contributed by atoms with van der Waals surface area (Å²) in [5.74, 6) is -1.42. The van der Waals surface area contributed by atoms with Crippen LogP contribution in [0.25, 0.3) is 0 Å². The third kappa shape index (κ3) is 3.87. The topological polar surface area (TPSA) is 95.0 Å². The standard InChI is InChI=1S/C19H26N2O5S/c1-13-5-6-16(12-14(13)2)27(25,26)20-10-7-15(8-11-20)18(22)21-9-3-4-17(21)19(23)24/h5-6,12,15,17H,3-4,7-11H2,1-2H3,(H,23,24). The van der Waals surface area contributed by atoms with E-state index in [2.05, 4.69) is 0 Å². The van der Waals surface area contributed by atoms with Gasteiger partial charge in [-0.1, -0.05) is 6.07 Å². The van der Waals surface area contributed by atoms with E-state index in [0.29, 0.717) is 32.2 Å². The highest BCUT2D eigenvalue weighted by atomic mass is 32.2. The third-order valence-corrected chi connectivity index (χ3v) is 7.63. The van der Waals surface area contributed by atoms with Gasteiger partial charge in [0, 0.05) is 25.6 Å². The Morgan fingerprint density at radius 1 is 1.04 bits per heavy atom. The fraction of sp³-hybridized carbons (Fsp3) is 0.579. The molecule has 1 unspecified atom stereocenters. The summed E-state index contributed by atoms with van der Waals surface area (Å²) >= 11 is 0. The number of benzene rings is 1. The Morgan fingerprint density at radius 3 is 2.30 bits per heavy atom. The first kappa shape index (κ1) is 19.8. The second-order valence-electron chi connectivity index (χ2n) is 7.45. The molecule has 0 aliphatic carbocycles. The van der Waals surface area contributed by atoms with Crippen molar-refractivity contribution in [3.8, 4) is 0 Å². The summed E-state index contributed by atoms with van der Waals surface area (Å²) in [4.78, 5) is 25.8. The van der Waals surface area contributed by atoms with Gasteiger partial charge in [-0.05, 0) is 62.8 Å². The van der Waals surface area contributed by atoms with Gasteiger partial charge < -0.3 is 10.0 Å². The van der Waals surface area contributed by atoms with Crippen LogP contribution in [0.15, 0.2) is 23.1 Å². The molecule has 0 aromatic heterocycles. The number of carbonyl (C=O) groups excluding carboxylic acids is 1. The zero-order valence-electron chi connectivity index (χ0n) is 15.7. The van der Waals surface area contributed by atoms with Gasteiger partial charge >= 0.3 is 5.97 Å². The Bertz CT molecular complexity index is 844. The molecule has 2 aliphatic rings. The number of carboxylic acids is 1. The Hall–Kier alpha value is -1.93. The van der Waals surface area contributed by atoms with Gasteiger partial charge in [0.05, 0.1) is 4.90 Å². The van der Waals surface area contributed by atoms with Gasteiger partial charge in [-0.25, -0.2) is 13.2 Å². The van der Waals surface area contributed by atoms with E-state index in [4.69, 9.17) is 0 Å². The van der Waals surface area contributed by atoms with Crippen LogP contribution in [0.4, 0.5) is 0 Å². The molecule has 0 radical (unpaired) electrons. The van der Waals surface area contributed by atoms with E-state index >= 15 is 0 Å². The lowest BCUT2D eigenvalue weighted by molar-refractivity contribution is -0.150. The number of carboxylic acid groups (broad SMARTS) is 1. The van der Waals surface area contributed by atoms with Crippen molar-refractivity contribution < 1.29 is 23.1 Å². The van der Waals surface area contributed by atoms with E-state index in [1.807, 2.05) is 13.8 Å². The molecule has 7 nitrogen and oxygen atoms in total. The smallest absolute Gasteiger partial charge is 0.326 e. The van der Waals surface area contributed by atoms with Gasteiger partial charge in [-0.2, -0.15) is 4.31 Å². The number of rotatable bonds is 4. The predicted molar refractivity (Wildman–Crippen MR) is 99.8 cm³/mol. The zero-order valence-corrected chi connectivity index (χ0v) is 16.5. The van der Waals surface area contributed by atoms with Crippen molar-refractivity contribution in [2.45, 2.75) is 50.5 Å². The molecule has 1 aromatic carbocycles. The SMILES string of the molecule is Cc1ccc(S(=O)(=O)N2CCC(C(=O)N3CCCC3C(=O)O)CC2)cc1C. The number of hydrogen-bond donors (Lipinski definition) is 1. The highest BCUT2D eigenvalue weighted by Gasteiger charge is 2.39. The number of sulfonamides is 1. The first-order valence-corrected chi connectivity index (χ1v) is 10.8. The number of aliphatic carboxylic acids is 1. The summed E-state index contributed by atoms with van der Waals surface area (Å²) < 4.78 is 27.2. The van der Waals surface area contributed by atoms with Crippen LogP contribution in [0, 0.1) is 19.8 Å². The molecular formula is C19H26N2O5S. The summed E-state index contributed by atoms with van der Waals surface area (Å²) in [5, 5.41) is 9.27. The molecular weight excluding hydrogens is 368 g/mol. The summed E-state index contributed by atoms with van der Waals surface area (Å²) in [5.41, 5.74) is 1.96. The van der Waals surface area contributed by atoms with E-state index in [0.717, 1.165) is 11.1 Å². The quantitative estimate of drug-likeness (QED) is 0.840. The monoisotopic (exact) mass is 394 g/mol. The van der Waals surface area contributed by atoms with E-state index in [1.54, 1.807) is 18.2 Å². The fourth-order valence-corrected chi connectivity index (χ4v) is 5.44. The minimum absolute atomic E-state index is 0.150. The Kier molecular flexibility index (Phi) is 5.58. The Balaban J connectivity index is 1.67. The van der Waals surface area contributed by atoms with Gasteiger partial charge in [-0.3, -0.25) is 4.79 Å². The Morgan fingerprint density at radius 2 is 1.70 bits per heavy atom. The van der Waals surface area contributed by atoms with Gasteiger partial charge in [0.25, 0.3) is 0 Å². The minimum Gasteiger partial charge on any atom is -0.480 e. The normalized spacial score (nSPS) is 22.1. The summed E-state index contributed by atoms with van der Waals surface area (Å²) in [6.07, 6.45) is 2.03. The number of aryl methyl sites for hydroxylation is 2. The van der Waals surface area contributed by atoms with Crippen molar-refractivity contribution >= 4 is 21.9 Å². The number of piperidine rings is 1. The maximum Gasteiger partial charge on any atom is 0.326 e. The molecule has 2 fully saturated rings. The molecule has 2 aliphatic heterocycles. The molecule has 2 saturated heterocycles. The summed E-state index contributed by atoms with van der Waals surface area (Å²) in [7, 11) is -3.58. The van der Waals surface area contributed by atoms with Crippen LogP contribution in [0.3, 0.4) is 0 Å². The van der Waals surface area contributed by atoms with Gasteiger partial charge in [0.1, 0.15) is 6.04 Å². The number of likely N-dealkylation sites (tertiary alicyclic amines) is 1. The van der Waals surface area contributed by atoms with Crippen molar-refractivity contribution in [1.82, 2.24) is 9.21 Å². The first-order valence-electron chi connectivity index (χ1n) is 9.32. The van der Waals surface area contributed by atoms with Crippen LogP contribution < -0.4 is 0 Å². The van der Waals surface area contributed by atoms with E-state index < -0.39 is 22.0 Å². The molecule has 0 spiro atoms. The average Bonchev–Trinajstić information content (AvgIpc) is 3.13. The molecule has 148 valence electrons. The molecule has 1 atom stereocenters. The van der Waals surface area contributed by atoms with Crippen molar-refractivity contribution in [3.63, 3.8) is 0 Å². The van der Waals surface area contributed by atoms with Crippen molar-refractivity contribution in [1.29, 1.82) is 0 Å². The molecule has 0 saturated carbocycles. The second kappa shape index (κ2) is 7.59. The third-order valence-electron chi connectivity index (χ3n) is 5.74. The molecule has 1 N–H and O–H groups in total. The number of carbonyl (C=O) groups is 2. The molecule has 2 heterocycles. The predicted octanol–water partition coefficient (Wildman–Crippen LogP) is 1.78. The summed E-state index contributed by atoms with van der Waals surface area (Å²) in [6.45, 7) is 4.84. The number of amides is 1. The highest BCUT2D eigenvalue weighted by Crippen LogP contribution is 2.28. The minimum atomic E-state index is -3.58. The second-order valence-corrected chi connectivity index (χ2v) is 9.39. The largest absolute Gasteiger partial charge is 0.480 e. The lowest BCUT2D eigenvalue weighted by Crippen LogP contribution is -2.47. The lowest BCUT2D eigenvalue weighted by atomic mass is 9.96. The first-order chi connectivity index (χ1) is 12.7. The van der Waals surface area contributed by atoms with Crippen LogP contribution in [-0.4, -0.2) is 60.3 Å². The average molecular weight is 394 g/mol. The molecule has 1 amide bonds. The van der Waals surface area contributed by atoms with Gasteiger partial charge in [0.2, 0.25) is 15.9 Å². The van der Waals surface area contributed by atoms with Crippen LogP contribution in [0.5, 0.6) is 0 Å². The molecule has 27 heavy (non-hydrogen) atoms. The number of hydrogen-bond acceptors (Lipinski definition) is 4. The van der Waals surface area contributed by atoms with E-state index in [-0.39, 0.29) is 29.8 Å². The van der Waals surface area contributed by atoms with Crippen LogP contribution in [0.2, 0.25) is 0 Å². The zero-order chi connectivity index (χ0) is 19.8.